The summed E-state index contributed by atoms with van der Waals surface area (Å²) in [5, 5.41) is 9.74. The molecule has 0 aliphatic rings. The molecule has 3 nitrogen and oxygen atoms in total. The molecule has 0 fully saturated rings. The molecule has 1 N–H and O–H groups in total. The number of ether oxygens (including phenoxy) is 1. The zero-order chi connectivity index (χ0) is 15.2. The first kappa shape index (κ1) is 15.4. The summed E-state index contributed by atoms with van der Waals surface area (Å²) in [4.78, 5) is 2.18. The summed E-state index contributed by atoms with van der Waals surface area (Å²) in [6.07, 6.45) is 0. The van der Waals surface area contributed by atoms with Crippen LogP contribution in [0.1, 0.15) is 18.1 Å². The maximum Gasteiger partial charge on any atom is 0.117 e. The van der Waals surface area contributed by atoms with Crippen LogP contribution in [0.3, 0.4) is 0 Å². The summed E-state index contributed by atoms with van der Waals surface area (Å²) < 4.78 is 5.50. The SMILES string of the molecule is CCOCCN(c1cccc(O)c1)c1ccc(C)cc1C. The summed E-state index contributed by atoms with van der Waals surface area (Å²) >= 11 is 0. The highest BCUT2D eigenvalue weighted by atomic mass is 16.5. The number of benzene rings is 2. The lowest BCUT2D eigenvalue weighted by Gasteiger charge is -2.27. The molecular formula is C18H23NO2. The lowest BCUT2D eigenvalue weighted by molar-refractivity contribution is 0.155. The van der Waals surface area contributed by atoms with Gasteiger partial charge in [0.2, 0.25) is 0 Å². The van der Waals surface area contributed by atoms with Gasteiger partial charge in [-0.2, -0.15) is 0 Å². The fourth-order valence-corrected chi connectivity index (χ4v) is 2.46. The molecule has 0 bridgehead atoms. The van der Waals surface area contributed by atoms with Crippen LogP contribution >= 0.6 is 0 Å². The molecule has 0 radical (unpaired) electrons. The van der Waals surface area contributed by atoms with Crippen molar-refractivity contribution in [3.8, 4) is 5.75 Å². The van der Waals surface area contributed by atoms with Crippen LogP contribution in [-0.4, -0.2) is 24.9 Å². The first-order valence-electron chi connectivity index (χ1n) is 7.33. The van der Waals surface area contributed by atoms with E-state index >= 15 is 0 Å². The predicted molar refractivity (Wildman–Crippen MR) is 87.5 cm³/mol. The van der Waals surface area contributed by atoms with Gasteiger partial charge in [-0.3, -0.25) is 0 Å². The summed E-state index contributed by atoms with van der Waals surface area (Å²) in [6.45, 7) is 8.31. The van der Waals surface area contributed by atoms with Gasteiger partial charge in [0, 0.05) is 30.6 Å². The topological polar surface area (TPSA) is 32.7 Å². The summed E-state index contributed by atoms with van der Waals surface area (Å²) in [5.74, 6) is 0.277. The normalized spacial score (nSPS) is 10.6. The molecule has 2 aromatic carbocycles. The second-order valence-corrected chi connectivity index (χ2v) is 5.16. The molecule has 0 aromatic heterocycles. The average molecular weight is 285 g/mol. The van der Waals surface area contributed by atoms with Gasteiger partial charge in [0.05, 0.1) is 6.61 Å². The van der Waals surface area contributed by atoms with Gasteiger partial charge in [0.25, 0.3) is 0 Å². The molecule has 0 amide bonds. The Hall–Kier alpha value is -2.00. The number of aromatic hydroxyl groups is 1. The average Bonchev–Trinajstić information content (AvgIpc) is 2.45. The van der Waals surface area contributed by atoms with E-state index in [1.807, 2.05) is 19.1 Å². The number of rotatable bonds is 6. The predicted octanol–water partition coefficient (Wildman–Crippen LogP) is 4.18. The van der Waals surface area contributed by atoms with Crippen molar-refractivity contribution < 1.29 is 9.84 Å². The Morgan fingerprint density at radius 1 is 1.10 bits per heavy atom. The van der Waals surface area contributed by atoms with Crippen LogP contribution in [0.2, 0.25) is 0 Å². The molecular weight excluding hydrogens is 262 g/mol. The molecule has 2 aromatic rings. The first-order chi connectivity index (χ1) is 10.1. The number of aryl methyl sites for hydroxylation is 2. The number of nitrogens with zero attached hydrogens (tertiary/aromatic N) is 1. The second kappa shape index (κ2) is 7.14. The van der Waals surface area contributed by atoms with Crippen LogP contribution in [0.4, 0.5) is 11.4 Å². The van der Waals surface area contributed by atoms with Crippen LogP contribution in [0, 0.1) is 13.8 Å². The van der Waals surface area contributed by atoms with E-state index in [9.17, 15) is 5.11 Å². The van der Waals surface area contributed by atoms with Gasteiger partial charge in [-0.15, -0.1) is 0 Å². The smallest absolute Gasteiger partial charge is 0.117 e. The van der Waals surface area contributed by atoms with Crippen LogP contribution < -0.4 is 4.90 Å². The molecule has 0 saturated carbocycles. The fraction of sp³-hybridized carbons (Fsp3) is 0.333. The quantitative estimate of drug-likeness (QED) is 0.808. The third-order valence-corrected chi connectivity index (χ3v) is 3.45. The summed E-state index contributed by atoms with van der Waals surface area (Å²) in [6, 6.07) is 13.7. The Morgan fingerprint density at radius 3 is 2.57 bits per heavy atom. The van der Waals surface area contributed by atoms with Gasteiger partial charge in [-0.25, -0.2) is 0 Å². The van der Waals surface area contributed by atoms with Crippen molar-refractivity contribution in [2.24, 2.45) is 0 Å². The molecule has 2 rings (SSSR count). The van der Waals surface area contributed by atoms with E-state index in [0.717, 1.165) is 17.9 Å². The minimum absolute atomic E-state index is 0.277. The Balaban J connectivity index is 2.35. The van der Waals surface area contributed by atoms with E-state index in [1.165, 1.54) is 11.1 Å². The molecule has 0 atom stereocenters. The van der Waals surface area contributed by atoms with E-state index in [2.05, 4.69) is 36.9 Å². The summed E-state index contributed by atoms with van der Waals surface area (Å²) in [5.41, 5.74) is 4.58. The van der Waals surface area contributed by atoms with E-state index in [-0.39, 0.29) is 5.75 Å². The lowest BCUT2D eigenvalue weighted by Crippen LogP contribution is -2.23. The van der Waals surface area contributed by atoms with Crippen LogP contribution in [-0.2, 0) is 4.74 Å². The number of hydrogen-bond acceptors (Lipinski definition) is 3. The Kier molecular flexibility index (Phi) is 5.23. The van der Waals surface area contributed by atoms with Gasteiger partial charge in [0.15, 0.2) is 0 Å². The number of hydrogen-bond donors (Lipinski definition) is 1. The Labute approximate surface area is 126 Å². The third-order valence-electron chi connectivity index (χ3n) is 3.45. The standard InChI is InChI=1S/C18H23NO2/c1-4-21-11-10-19(16-6-5-7-17(20)13-16)18-9-8-14(2)12-15(18)3/h5-9,12-13,20H,4,10-11H2,1-3H3. The van der Waals surface area contributed by atoms with Crippen molar-refractivity contribution in [2.75, 3.05) is 24.7 Å². The van der Waals surface area contributed by atoms with Gasteiger partial charge < -0.3 is 14.7 Å². The highest BCUT2D eigenvalue weighted by Gasteiger charge is 2.12. The largest absolute Gasteiger partial charge is 0.508 e. The van der Waals surface area contributed by atoms with Crippen LogP contribution in [0.15, 0.2) is 42.5 Å². The van der Waals surface area contributed by atoms with Gasteiger partial charge >= 0.3 is 0 Å². The monoisotopic (exact) mass is 285 g/mol. The molecule has 0 saturated heterocycles. The number of phenols is 1. The van der Waals surface area contributed by atoms with Crippen LogP contribution in [0.25, 0.3) is 0 Å². The molecule has 112 valence electrons. The van der Waals surface area contributed by atoms with E-state index in [1.54, 1.807) is 12.1 Å². The molecule has 3 heteroatoms. The molecule has 0 aliphatic carbocycles. The fourth-order valence-electron chi connectivity index (χ4n) is 2.46. The second-order valence-electron chi connectivity index (χ2n) is 5.16. The Morgan fingerprint density at radius 2 is 1.90 bits per heavy atom. The number of anilines is 2. The highest BCUT2D eigenvalue weighted by Crippen LogP contribution is 2.30. The molecule has 0 unspecified atom stereocenters. The van der Waals surface area contributed by atoms with E-state index in [4.69, 9.17) is 4.74 Å². The molecule has 0 heterocycles. The zero-order valence-electron chi connectivity index (χ0n) is 13.0. The van der Waals surface area contributed by atoms with Crippen molar-refractivity contribution in [1.29, 1.82) is 0 Å². The lowest BCUT2D eigenvalue weighted by atomic mass is 10.1. The van der Waals surface area contributed by atoms with Gasteiger partial charge in [0.1, 0.15) is 5.75 Å². The van der Waals surface area contributed by atoms with E-state index in [0.29, 0.717) is 13.2 Å². The van der Waals surface area contributed by atoms with Crippen molar-refractivity contribution in [3.63, 3.8) is 0 Å². The molecule has 0 aliphatic heterocycles. The van der Waals surface area contributed by atoms with Crippen molar-refractivity contribution in [2.45, 2.75) is 20.8 Å². The van der Waals surface area contributed by atoms with Gasteiger partial charge in [-0.05, 0) is 44.5 Å². The maximum absolute atomic E-state index is 9.74. The van der Waals surface area contributed by atoms with Crippen molar-refractivity contribution in [1.82, 2.24) is 0 Å². The molecule has 21 heavy (non-hydrogen) atoms. The van der Waals surface area contributed by atoms with E-state index < -0.39 is 0 Å². The third kappa shape index (κ3) is 3.99. The minimum atomic E-state index is 0.277. The van der Waals surface area contributed by atoms with Gasteiger partial charge in [-0.1, -0.05) is 23.8 Å². The first-order valence-corrected chi connectivity index (χ1v) is 7.33. The minimum Gasteiger partial charge on any atom is -0.508 e. The zero-order valence-corrected chi connectivity index (χ0v) is 13.0. The van der Waals surface area contributed by atoms with Crippen LogP contribution in [0.5, 0.6) is 5.75 Å². The van der Waals surface area contributed by atoms with Crippen molar-refractivity contribution >= 4 is 11.4 Å². The number of phenolic OH excluding ortho intramolecular Hbond substituents is 1. The maximum atomic E-state index is 9.74. The summed E-state index contributed by atoms with van der Waals surface area (Å²) in [7, 11) is 0. The Bertz CT molecular complexity index is 596. The molecule has 0 spiro atoms. The highest BCUT2D eigenvalue weighted by molar-refractivity contribution is 5.67. The van der Waals surface area contributed by atoms with Crippen molar-refractivity contribution in [3.05, 3.63) is 53.6 Å².